The number of para-hydroxylation sites is 2. The minimum atomic E-state index is 0.144. The van der Waals surface area contributed by atoms with Gasteiger partial charge in [-0.2, -0.15) is 0 Å². The Kier molecular flexibility index (Phi) is 4.61. The van der Waals surface area contributed by atoms with Crippen molar-refractivity contribution in [3.8, 4) is 17.2 Å². The lowest BCUT2D eigenvalue weighted by Gasteiger charge is -2.30. The third kappa shape index (κ3) is 3.78. The number of ether oxygens (including phenoxy) is 2. The Morgan fingerprint density at radius 2 is 1.95 bits per heavy atom. The molecule has 1 aliphatic rings. The van der Waals surface area contributed by atoms with E-state index in [1.165, 1.54) is 5.56 Å². The van der Waals surface area contributed by atoms with Gasteiger partial charge in [-0.1, -0.05) is 24.3 Å². The number of aromatic hydroxyl groups is 1. The minimum absolute atomic E-state index is 0.144. The molecule has 0 amide bonds. The summed E-state index contributed by atoms with van der Waals surface area (Å²) in [5.74, 6) is 1.32. The molecule has 116 valence electrons. The first-order valence-electron chi connectivity index (χ1n) is 7.55. The Morgan fingerprint density at radius 1 is 1.18 bits per heavy atom. The number of morpholine rings is 1. The van der Waals surface area contributed by atoms with Crippen LogP contribution in [0, 0.1) is 0 Å². The molecule has 1 N–H and O–H groups in total. The highest BCUT2D eigenvalue weighted by Gasteiger charge is 2.17. The number of likely N-dealkylation sites (N-methyl/N-ethyl adjacent to an activating group) is 1. The molecule has 4 nitrogen and oxygen atoms in total. The van der Waals surface area contributed by atoms with Crippen LogP contribution in [0.25, 0.3) is 0 Å². The summed E-state index contributed by atoms with van der Waals surface area (Å²) in [6, 6.07) is 14.9. The normalized spacial score (nSPS) is 19.0. The third-order valence-electron chi connectivity index (χ3n) is 3.82. The number of phenols is 1. The lowest BCUT2D eigenvalue weighted by Crippen LogP contribution is -2.40. The van der Waals surface area contributed by atoms with Gasteiger partial charge in [0.2, 0.25) is 0 Å². The van der Waals surface area contributed by atoms with Crippen LogP contribution in [0.4, 0.5) is 0 Å². The van der Waals surface area contributed by atoms with Crippen molar-refractivity contribution in [2.24, 2.45) is 0 Å². The molecular weight excluding hydrogens is 278 g/mol. The van der Waals surface area contributed by atoms with Crippen LogP contribution >= 0.6 is 0 Å². The summed E-state index contributed by atoms with van der Waals surface area (Å²) in [6.07, 6.45) is 1.16. The number of nitrogens with zero attached hydrogens (tertiary/aromatic N) is 1. The van der Waals surface area contributed by atoms with E-state index in [0.29, 0.717) is 11.5 Å². The summed E-state index contributed by atoms with van der Waals surface area (Å²) in [4.78, 5) is 2.30. The number of hydrogen-bond donors (Lipinski definition) is 1. The molecule has 0 saturated carbocycles. The van der Waals surface area contributed by atoms with Crippen LogP contribution < -0.4 is 4.74 Å². The van der Waals surface area contributed by atoms with E-state index in [9.17, 15) is 5.11 Å². The molecule has 1 heterocycles. The highest BCUT2D eigenvalue weighted by molar-refractivity contribution is 5.42. The van der Waals surface area contributed by atoms with Crippen LogP contribution in [0.3, 0.4) is 0 Å². The van der Waals surface area contributed by atoms with Crippen molar-refractivity contribution in [1.82, 2.24) is 4.90 Å². The maximum atomic E-state index is 9.72. The zero-order valence-corrected chi connectivity index (χ0v) is 12.7. The van der Waals surface area contributed by atoms with Crippen molar-refractivity contribution >= 4 is 0 Å². The molecule has 2 aromatic carbocycles. The molecule has 0 aromatic heterocycles. The van der Waals surface area contributed by atoms with E-state index in [4.69, 9.17) is 9.47 Å². The Morgan fingerprint density at radius 3 is 2.68 bits per heavy atom. The van der Waals surface area contributed by atoms with Gasteiger partial charge in [0.05, 0.1) is 12.7 Å². The summed E-state index contributed by atoms with van der Waals surface area (Å²) < 4.78 is 11.5. The molecular formula is C18H21NO3. The van der Waals surface area contributed by atoms with Gasteiger partial charge in [0.25, 0.3) is 0 Å². The molecule has 3 rings (SSSR count). The second-order valence-electron chi connectivity index (χ2n) is 5.67. The molecule has 0 radical (unpaired) electrons. The van der Waals surface area contributed by atoms with E-state index in [-0.39, 0.29) is 11.9 Å². The average Bonchev–Trinajstić information content (AvgIpc) is 2.52. The summed E-state index contributed by atoms with van der Waals surface area (Å²) >= 11 is 0. The van der Waals surface area contributed by atoms with Crippen LogP contribution in [0.5, 0.6) is 17.2 Å². The first-order valence-corrected chi connectivity index (χ1v) is 7.55. The van der Waals surface area contributed by atoms with E-state index in [0.717, 1.165) is 26.1 Å². The predicted octanol–water partition coefficient (Wildman–Crippen LogP) is 3.06. The lowest BCUT2D eigenvalue weighted by atomic mass is 10.1. The molecule has 1 atom stereocenters. The van der Waals surface area contributed by atoms with Crippen molar-refractivity contribution < 1.29 is 14.6 Å². The van der Waals surface area contributed by atoms with Gasteiger partial charge in [0, 0.05) is 13.1 Å². The predicted molar refractivity (Wildman–Crippen MR) is 85.6 cm³/mol. The van der Waals surface area contributed by atoms with E-state index in [1.54, 1.807) is 18.2 Å². The maximum absolute atomic E-state index is 9.72. The zero-order valence-electron chi connectivity index (χ0n) is 12.7. The van der Waals surface area contributed by atoms with Crippen molar-refractivity contribution in [3.05, 3.63) is 54.1 Å². The van der Waals surface area contributed by atoms with Crippen LogP contribution in [-0.2, 0) is 11.2 Å². The highest BCUT2D eigenvalue weighted by atomic mass is 16.5. The van der Waals surface area contributed by atoms with Gasteiger partial charge in [0.15, 0.2) is 11.5 Å². The molecule has 4 heteroatoms. The van der Waals surface area contributed by atoms with Gasteiger partial charge >= 0.3 is 0 Å². The summed E-state index contributed by atoms with van der Waals surface area (Å²) in [5, 5.41) is 9.72. The fraction of sp³-hybridized carbons (Fsp3) is 0.333. The number of hydrogen-bond acceptors (Lipinski definition) is 4. The molecule has 0 bridgehead atoms. The monoisotopic (exact) mass is 299 g/mol. The Labute approximate surface area is 130 Å². The van der Waals surface area contributed by atoms with Gasteiger partial charge in [0.1, 0.15) is 5.75 Å². The molecule has 1 fully saturated rings. The first-order chi connectivity index (χ1) is 10.7. The lowest BCUT2D eigenvalue weighted by molar-refractivity contribution is -0.0185. The molecule has 2 aromatic rings. The van der Waals surface area contributed by atoms with Crippen LogP contribution in [0.2, 0.25) is 0 Å². The highest BCUT2D eigenvalue weighted by Crippen LogP contribution is 2.30. The standard InChI is InChI=1S/C18H21NO3/c1-19-10-11-21-16(13-19)12-14-6-8-15(9-7-14)22-18-5-3-2-4-17(18)20/h2-9,16,20H,10-13H2,1H3. The van der Waals surface area contributed by atoms with Crippen LogP contribution in [0.15, 0.2) is 48.5 Å². The van der Waals surface area contributed by atoms with E-state index < -0.39 is 0 Å². The van der Waals surface area contributed by atoms with Gasteiger partial charge in [-0.05, 0) is 43.3 Å². The van der Waals surface area contributed by atoms with Crippen molar-refractivity contribution in [2.45, 2.75) is 12.5 Å². The first kappa shape index (κ1) is 14.9. The van der Waals surface area contributed by atoms with Crippen LogP contribution in [0.1, 0.15) is 5.56 Å². The van der Waals surface area contributed by atoms with Crippen molar-refractivity contribution in [1.29, 1.82) is 0 Å². The number of benzene rings is 2. The molecule has 22 heavy (non-hydrogen) atoms. The molecule has 0 aliphatic carbocycles. The average molecular weight is 299 g/mol. The summed E-state index contributed by atoms with van der Waals surface area (Å²) in [5.41, 5.74) is 1.23. The second kappa shape index (κ2) is 6.81. The largest absolute Gasteiger partial charge is 0.504 e. The van der Waals surface area contributed by atoms with Gasteiger partial charge < -0.3 is 19.5 Å². The molecule has 0 spiro atoms. The topological polar surface area (TPSA) is 41.9 Å². The fourth-order valence-corrected chi connectivity index (χ4v) is 2.62. The quantitative estimate of drug-likeness (QED) is 0.942. The van der Waals surface area contributed by atoms with Crippen LogP contribution in [-0.4, -0.2) is 42.9 Å². The summed E-state index contributed by atoms with van der Waals surface area (Å²) in [6.45, 7) is 2.77. The minimum Gasteiger partial charge on any atom is -0.504 e. The van der Waals surface area contributed by atoms with Gasteiger partial charge in [-0.15, -0.1) is 0 Å². The summed E-state index contributed by atoms with van der Waals surface area (Å²) in [7, 11) is 2.12. The third-order valence-corrected chi connectivity index (χ3v) is 3.82. The number of phenolic OH excluding ortho intramolecular Hbond substituents is 1. The Hall–Kier alpha value is -2.04. The van der Waals surface area contributed by atoms with E-state index in [2.05, 4.69) is 11.9 Å². The van der Waals surface area contributed by atoms with Gasteiger partial charge in [-0.3, -0.25) is 0 Å². The van der Waals surface area contributed by atoms with E-state index in [1.807, 2.05) is 30.3 Å². The second-order valence-corrected chi connectivity index (χ2v) is 5.67. The Bertz CT molecular complexity index is 612. The zero-order chi connectivity index (χ0) is 15.4. The van der Waals surface area contributed by atoms with Crippen molar-refractivity contribution in [3.63, 3.8) is 0 Å². The smallest absolute Gasteiger partial charge is 0.169 e. The van der Waals surface area contributed by atoms with Gasteiger partial charge in [-0.25, -0.2) is 0 Å². The molecule has 1 aliphatic heterocycles. The Balaban J connectivity index is 1.62. The SMILES string of the molecule is CN1CCOC(Cc2ccc(Oc3ccccc3O)cc2)C1. The fourth-order valence-electron chi connectivity index (χ4n) is 2.62. The molecule has 1 unspecified atom stereocenters. The van der Waals surface area contributed by atoms with E-state index >= 15 is 0 Å². The number of rotatable bonds is 4. The maximum Gasteiger partial charge on any atom is 0.169 e. The molecule has 1 saturated heterocycles. The van der Waals surface area contributed by atoms with Crippen molar-refractivity contribution in [2.75, 3.05) is 26.7 Å².